The Morgan fingerprint density at radius 1 is 0.737 bits per heavy atom. The van der Waals surface area contributed by atoms with Crippen molar-refractivity contribution in [3.05, 3.63) is 57.7 Å². The van der Waals surface area contributed by atoms with Crippen molar-refractivity contribution in [2.45, 2.75) is 135 Å². The second-order valence-electron chi connectivity index (χ2n) is 11.9. The van der Waals surface area contributed by atoms with Crippen LogP contribution in [0.2, 0.25) is 0 Å². The highest BCUT2D eigenvalue weighted by Gasteiger charge is 2.23. The van der Waals surface area contributed by atoms with Gasteiger partial charge in [-0.15, -0.1) is 0 Å². The first-order valence-corrected chi connectivity index (χ1v) is 15.8. The largest absolute Gasteiger partial charge is 0.419 e. The van der Waals surface area contributed by atoms with E-state index in [2.05, 4.69) is 19.9 Å². The van der Waals surface area contributed by atoms with Crippen LogP contribution in [0.15, 0.2) is 39.5 Å². The van der Waals surface area contributed by atoms with Crippen LogP contribution in [0.1, 0.15) is 140 Å². The second kappa shape index (κ2) is 14.8. The summed E-state index contributed by atoms with van der Waals surface area (Å²) in [5.74, 6) is 1.00. The molecule has 1 aromatic heterocycles. The first-order chi connectivity index (χ1) is 18.6. The van der Waals surface area contributed by atoms with Gasteiger partial charge in [-0.2, -0.15) is 0 Å². The van der Waals surface area contributed by atoms with E-state index in [0.29, 0.717) is 28.7 Å². The number of halogens is 1. The van der Waals surface area contributed by atoms with Crippen LogP contribution < -0.4 is 5.63 Å². The highest BCUT2D eigenvalue weighted by Crippen LogP contribution is 2.39. The van der Waals surface area contributed by atoms with Gasteiger partial charge in [0.05, 0.1) is 5.39 Å². The first kappa shape index (κ1) is 28.8. The van der Waals surface area contributed by atoms with E-state index >= 15 is 4.39 Å². The monoisotopic (exact) mass is 520 g/mol. The average Bonchev–Trinajstić information content (AvgIpc) is 2.94. The lowest BCUT2D eigenvalue weighted by Crippen LogP contribution is -2.14. The van der Waals surface area contributed by atoms with Gasteiger partial charge < -0.3 is 4.42 Å². The molecule has 3 heteroatoms. The number of unbranched alkanes of at least 4 members (excludes halogenated alkanes) is 10. The predicted octanol–water partition coefficient (Wildman–Crippen LogP) is 11.0. The molecule has 0 atom stereocenters. The molecule has 4 rings (SSSR count). The van der Waals surface area contributed by atoms with Gasteiger partial charge in [-0.05, 0) is 67.6 Å². The number of hydrogen-bond donors (Lipinski definition) is 0. The molecule has 0 aliphatic heterocycles. The molecule has 1 fully saturated rings. The predicted molar refractivity (Wildman–Crippen MR) is 160 cm³/mol. The third-order valence-electron chi connectivity index (χ3n) is 9.01. The standard InChI is InChI=1S/C35H49FO2/c1-3-5-7-9-10-11-12-13-15-26-17-19-27(20-18-26)29-22-23-30-31-24-21-28(16-14-8-6-4-2)33(36)34(31)38-35(37)32(30)25-29/h21-27H,3-20H2,1-2H3. The van der Waals surface area contributed by atoms with Gasteiger partial charge in [-0.1, -0.05) is 115 Å². The third-order valence-corrected chi connectivity index (χ3v) is 9.01. The molecule has 38 heavy (non-hydrogen) atoms. The van der Waals surface area contributed by atoms with Crippen molar-refractivity contribution < 1.29 is 8.81 Å². The van der Waals surface area contributed by atoms with Gasteiger partial charge >= 0.3 is 5.63 Å². The molecule has 1 aliphatic rings. The normalized spacial score (nSPS) is 18.0. The maximum absolute atomic E-state index is 15.3. The van der Waals surface area contributed by atoms with Crippen molar-refractivity contribution in [1.29, 1.82) is 0 Å². The fourth-order valence-electron chi connectivity index (χ4n) is 6.56. The molecule has 0 unspecified atom stereocenters. The highest BCUT2D eigenvalue weighted by molar-refractivity contribution is 6.04. The highest BCUT2D eigenvalue weighted by atomic mass is 19.1. The van der Waals surface area contributed by atoms with Crippen molar-refractivity contribution in [2.24, 2.45) is 5.92 Å². The van der Waals surface area contributed by atoms with E-state index in [1.54, 1.807) is 0 Å². The van der Waals surface area contributed by atoms with Crippen LogP contribution in [0.4, 0.5) is 4.39 Å². The summed E-state index contributed by atoms with van der Waals surface area (Å²) in [6, 6.07) is 10.0. The van der Waals surface area contributed by atoms with E-state index in [-0.39, 0.29) is 11.4 Å². The fraction of sp³-hybridized carbons (Fsp3) is 0.629. The summed E-state index contributed by atoms with van der Waals surface area (Å²) in [6.07, 6.45) is 22.5. The quantitative estimate of drug-likeness (QED) is 0.113. The van der Waals surface area contributed by atoms with Crippen LogP contribution >= 0.6 is 0 Å². The summed E-state index contributed by atoms with van der Waals surface area (Å²) in [6.45, 7) is 4.45. The molecular weight excluding hydrogens is 471 g/mol. The molecule has 2 aromatic carbocycles. The molecule has 1 aliphatic carbocycles. The Labute approximate surface area is 229 Å². The third kappa shape index (κ3) is 7.48. The lowest BCUT2D eigenvalue weighted by Gasteiger charge is -2.29. The Balaban J connectivity index is 1.34. The van der Waals surface area contributed by atoms with Gasteiger partial charge in [0.2, 0.25) is 0 Å². The van der Waals surface area contributed by atoms with E-state index in [9.17, 15) is 4.79 Å². The van der Waals surface area contributed by atoms with Crippen LogP contribution in [-0.4, -0.2) is 0 Å². The Morgan fingerprint density at radius 2 is 1.37 bits per heavy atom. The molecule has 1 saturated carbocycles. The van der Waals surface area contributed by atoms with Crippen LogP contribution in [0.25, 0.3) is 21.7 Å². The van der Waals surface area contributed by atoms with Crippen molar-refractivity contribution >= 4 is 21.7 Å². The number of rotatable bonds is 15. The summed E-state index contributed by atoms with van der Waals surface area (Å²) in [4.78, 5) is 13.0. The Bertz CT molecular complexity index is 1200. The lowest BCUT2D eigenvalue weighted by molar-refractivity contribution is 0.302. The van der Waals surface area contributed by atoms with Crippen molar-refractivity contribution in [2.75, 3.05) is 0 Å². The number of benzene rings is 2. The summed E-state index contributed by atoms with van der Waals surface area (Å²) in [5, 5.41) is 2.10. The Morgan fingerprint density at radius 3 is 2.08 bits per heavy atom. The molecule has 0 spiro atoms. The van der Waals surface area contributed by atoms with Crippen molar-refractivity contribution in [3.63, 3.8) is 0 Å². The summed E-state index contributed by atoms with van der Waals surface area (Å²) in [7, 11) is 0. The number of hydrogen-bond acceptors (Lipinski definition) is 2. The SMILES string of the molecule is CCCCCCCCCCC1CCC(c2ccc3c(c2)c(=O)oc2c(F)c(CCCCCC)ccc23)CC1. The molecule has 0 bridgehead atoms. The summed E-state index contributed by atoms with van der Waals surface area (Å²) >= 11 is 0. The van der Waals surface area contributed by atoms with Gasteiger partial charge in [0, 0.05) is 10.8 Å². The zero-order valence-corrected chi connectivity index (χ0v) is 24.0. The Kier molecular flexibility index (Phi) is 11.3. The van der Waals surface area contributed by atoms with Crippen molar-refractivity contribution in [1.82, 2.24) is 0 Å². The maximum Gasteiger partial charge on any atom is 0.344 e. The molecule has 0 radical (unpaired) electrons. The van der Waals surface area contributed by atoms with Gasteiger partial charge in [0.25, 0.3) is 0 Å². The zero-order chi connectivity index (χ0) is 26.7. The maximum atomic E-state index is 15.3. The molecule has 0 amide bonds. The molecule has 0 saturated heterocycles. The van der Waals surface area contributed by atoms with E-state index in [1.165, 1.54) is 89.0 Å². The van der Waals surface area contributed by atoms with E-state index in [4.69, 9.17) is 4.42 Å². The first-order valence-electron chi connectivity index (χ1n) is 15.8. The van der Waals surface area contributed by atoms with E-state index < -0.39 is 5.63 Å². The van der Waals surface area contributed by atoms with E-state index in [1.807, 2.05) is 24.3 Å². The van der Waals surface area contributed by atoms with Gasteiger partial charge in [0.15, 0.2) is 11.4 Å². The fourth-order valence-corrected chi connectivity index (χ4v) is 6.56. The van der Waals surface area contributed by atoms with Gasteiger partial charge in [0.1, 0.15) is 0 Å². The topological polar surface area (TPSA) is 30.2 Å². The smallest absolute Gasteiger partial charge is 0.344 e. The number of fused-ring (bicyclic) bond motifs is 3. The Hall–Kier alpha value is -2.16. The van der Waals surface area contributed by atoms with Crippen molar-refractivity contribution in [3.8, 4) is 0 Å². The lowest BCUT2D eigenvalue weighted by atomic mass is 9.76. The number of aryl methyl sites for hydroxylation is 1. The minimum atomic E-state index is -0.417. The summed E-state index contributed by atoms with van der Waals surface area (Å²) < 4.78 is 20.8. The second-order valence-corrected chi connectivity index (χ2v) is 11.9. The molecule has 208 valence electrons. The van der Waals surface area contributed by atoms with Crippen LogP contribution in [-0.2, 0) is 6.42 Å². The van der Waals surface area contributed by atoms with Gasteiger partial charge in [-0.3, -0.25) is 0 Å². The van der Waals surface area contributed by atoms with E-state index in [0.717, 1.165) is 37.0 Å². The van der Waals surface area contributed by atoms with Crippen LogP contribution in [0.5, 0.6) is 0 Å². The molecular formula is C35H49FO2. The molecule has 2 nitrogen and oxygen atoms in total. The molecule has 1 heterocycles. The average molecular weight is 521 g/mol. The summed E-state index contributed by atoms with van der Waals surface area (Å²) in [5.41, 5.74) is 1.59. The zero-order valence-electron chi connectivity index (χ0n) is 24.0. The van der Waals surface area contributed by atoms with Gasteiger partial charge in [-0.25, -0.2) is 9.18 Å². The minimum absolute atomic E-state index is 0.115. The van der Waals surface area contributed by atoms with Crippen LogP contribution in [0, 0.1) is 11.7 Å². The molecule has 3 aromatic rings. The van der Waals surface area contributed by atoms with Crippen LogP contribution in [0.3, 0.4) is 0 Å². The molecule has 0 N–H and O–H groups in total. The minimum Gasteiger partial charge on any atom is -0.419 e.